The van der Waals surface area contributed by atoms with Gasteiger partial charge in [0.05, 0.1) is 5.92 Å². The molecule has 0 aliphatic carbocycles. The third-order valence-electron chi connectivity index (χ3n) is 3.82. The van der Waals surface area contributed by atoms with E-state index in [0.717, 1.165) is 0 Å². The van der Waals surface area contributed by atoms with E-state index >= 15 is 0 Å². The highest BCUT2D eigenvalue weighted by atomic mass is 19.4. The summed E-state index contributed by atoms with van der Waals surface area (Å²) >= 11 is 0. The zero-order valence-electron chi connectivity index (χ0n) is 13.8. The molecule has 26 heavy (non-hydrogen) atoms. The smallest absolute Gasteiger partial charge is 0.396 e. The van der Waals surface area contributed by atoms with Gasteiger partial charge < -0.3 is 10.4 Å². The summed E-state index contributed by atoms with van der Waals surface area (Å²) in [5, 5.41) is 11.2. The molecule has 1 unspecified atom stereocenters. The second-order valence-electron chi connectivity index (χ2n) is 5.85. The van der Waals surface area contributed by atoms with Gasteiger partial charge in [-0.1, -0.05) is 42.5 Å². The molecule has 0 bridgehead atoms. The maximum Gasteiger partial charge on any atom is 0.396 e. The zero-order valence-corrected chi connectivity index (χ0v) is 13.8. The zero-order chi connectivity index (χ0) is 19.2. The monoisotopic (exact) mass is 365 g/mol. The number of anilines is 1. The summed E-state index contributed by atoms with van der Waals surface area (Å²) in [6.07, 6.45) is -5.06. The summed E-state index contributed by atoms with van der Waals surface area (Å²) < 4.78 is 39.9. The van der Waals surface area contributed by atoms with E-state index in [0.29, 0.717) is 11.3 Å². The minimum atomic E-state index is -4.54. The highest BCUT2D eigenvalue weighted by Crippen LogP contribution is 2.37. The van der Waals surface area contributed by atoms with Gasteiger partial charge in [0.25, 0.3) is 0 Å². The van der Waals surface area contributed by atoms with Gasteiger partial charge in [-0.25, -0.2) is 0 Å². The number of carboxylic acids is 1. The Bertz CT molecular complexity index is 760. The number of rotatable bonds is 7. The van der Waals surface area contributed by atoms with Crippen LogP contribution in [0.1, 0.15) is 29.9 Å². The Labute approximate surface area is 148 Å². The number of hydrogen-bond acceptors (Lipinski definition) is 2. The quantitative estimate of drug-likeness (QED) is 0.765. The van der Waals surface area contributed by atoms with Gasteiger partial charge in [0.15, 0.2) is 0 Å². The molecule has 0 fully saturated rings. The molecule has 2 aromatic rings. The van der Waals surface area contributed by atoms with Crippen LogP contribution in [0.4, 0.5) is 18.9 Å². The van der Waals surface area contributed by atoms with Crippen molar-refractivity contribution >= 4 is 17.6 Å². The average molecular weight is 365 g/mol. The van der Waals surface area contributed by atoms with Crippen molar-refractivity contribution in [1.82, 2.24) is 0 Å². The van der Waals surface area contributed by atoms with Crippen LogP contribution in [0.3, 0.4) is 0 Å². The van der Waals surface area contributed by atoms with Crippen molar-refractivity contribution in [2.75, 3.05) is 5.32 Å². The van der Waals surface area contributed by atoms with Gasteiger partial charge in [-0.3, -0.25) is 9.59 Å². The highest BCUT2D eigenvalue weighted by molar-refractivity contribution is 5.91. The predicted octanol–water partition coefficient (Wildman–Crippen LogP) is 4.38. The molecule has 0 heterocycles. The largest absolute Gasteiger partial charge is 0.481 e. The van der Waals surface area contributed by atoms with Crippen molar-refractivity contribution in [3.8, 4) is 0 Å². The first-order valence-corrected chi connectivity index (χ1v) is 7.98. The van der Waals surface area contributed by atoms with E-state index in [1.54, 1.807) is 30.3 Å². The number of halogens is 3. The molecule has 2 rings (SSSR count). The van der Waals surface area contributed by atoms with E-state index in [-0.39, 0.29) is 18.4 Å². The Morgan fingerprint density at radius 3 is 2.35 bits per heavy atom. The molecule has 0 saturated carbocycles. The molecule has 2 aromatic carbocycles. The first-order chi connectivity index (χ1) is 12.3. The maximum absolute atomic E-state index is 13.3. The SMILES string of the molecule is O=C(O)CCc1cccc(NC(=O)CC(c2ccccc2)C(F)(F)F)c1. The summed E-state index contributed by atoms with van der Waals surface area (Å²) in [5.74, 6) is -3.60. The van der Waals surface area contributed by atoms with Crippen LogP contribution in [0.5, 0.6) is 0 Å². The van der Waals surface area contributed by atoms with Gasteiger partial charge in [0, 0.05) is 18.5 Å². The second kappa shape index (κ2) is 8.51. The Morgan fingerprint density at radius 2 is 1.73 bits per heavy atom. The fourth-order valence-electron chi connectivity index (χ4n) is 2.56. The highest BCUT2D eigenvalue weighted by Gasteiger charge is 2.41. The summed E-state index contributed by atoms with van der Waals surface area (Å²) in [4.78, 5) is 22.7. The summed E-state index contributed by atoms with van der Waals surface area (Å²) in [7, 11) is 0. The number of carbonyl (C=O) groups excluding carboxylic acids is 1. The molecule has 138 valence electrons. The second-order valence-corrected chi connectivity index (χ2v) is 5.85. The van der Waals surface area contributed by atoms with Crippen molar-refractivity contribution in [1.29, 1.82) is 0 Å². The lowest BCUT2D eigenvalue weighted by molar-refractivity contribution is -0.156. The van der Waals surface area contributed by atoms with Crippen LogP contribution in [0.15, 0.2) is 54.6 Å². The van der Waals surface area contributed by atoms with Gasteiger partial charge in [-0.2, -0.15) is 13.2 Å². The van der Waals surface area contributed by atoms with Crippen LogP contribution in [-0.2, 0) is 16.0 Å². The lowest BCUT2D eigenvalue weighted by Crippen LogP contribution is -2.26. The van der Waals surface area contributed by atoms with Gasteiger partial charge in [0.1, 0.15) is 0 Å². The lowest BCUT2D eigenvalue weighted by atomic mass is 9.94. The van der Waals surface area contributed by atoms with E-state index in [9.17, 15) is 22.8 Å². The Morgan fingerprint density at radius 1 is 1.04 bits per heavy atom. The molecule has 7 heteroatoms. The number of benzene rings is 2. The third kappa shape index (κ3) is 5.91. The van der Waals surface area contributed by atoms with Crippen LogP contribution in [-0.4, -0.2) is 23.2 Å². The maximum atomic E-state index is 13.3. The van der Waals surface area contributed by atoms with Crippen molar-refractivity contribution in [2.24, 2.45) is 0 Å². The van der Waals surface area contributed by atoms with Crippen LogP contribution in [0.25, 0.3) is 0 Å². The summed E-state index contributed by atoms with van der Waals surface area (Å²) in [5.41, 5.74) is 1.05. The van der Waals surface area contributed by atoms with Crippen molar-refractivity contribution < 1.29 is 27.9 Å². The Balaban J connectivity index is 2.06. The van der Waals surface area contributed by atoms with Crippen molar-refractivity contribution in [3.63, 3.8) is 0 Å². The van der Waals surface area contributed by atoms with E-state index in [1.807, 2.05) is 0 Å². The molecule has 1 amide bonds. The fourth-order valence-corrected chi connectivity index (χ4v) is 2.56. The number of amides is 1. The molecule has 4 nitrogen and oxygen atoms in total. The van der Waals surface area contributed by atoms with Crippen LogP contribution in [0.2, 0.25) is 0 Å². The van der Waals surface area contributed by atoms with E-state index in [2.05, 4.69) is 5.32 Å². The number of carboxylic acid groups (broad SMARTS) is 1. The molecule has 0 radical (unpaired) electrons. The van der Waals surface area contributed by atoms with Gasteiger partial charge in [-0.05, 0) is 29.7 Å². The number of nitrogens with one attached hydrogen (secondary N) is 1. The molecule has 2 N–H and O–H groups in total. The van der Waals surface area contributed by atoms with E-state index in [4.69, 9.17) is 5.11 Å². The first-order valence-electron chi connectivity index (χ1n) is 7.98. The molecule has 0 spiro atoms. The van der Waals surface area contributed by atoms with Crippen LogP contribution >= 0.6 is 0 Å². The molecular formula is C19H18F3NO3. The van der Waals surface area contributed by atoms with E-state index in [1.165, 1.54) is 24.3 Å². The standard InChI is InChI=1S/C19H18F3NO3/c20-19(21,22)16(14-6-2-1-3-7-14)12-17(24)23-15-8-4-5-13(11-15)9-10-18(25)26/h1-8,11,16H,9-10,12H2,(H,23,24)(H,25,26). The average Bonchev–Trinajstić information content (AvgIpc) is 2.58. The molecule has 0 aromatic heterocycles. The normalized spacial score (nSPS) is 12.4. The van der Waals surface area contributed by atoms with Crippen LogP contribution < -0.4 is 5.32 Å². The fraction of sp³-hybridized carbons (Fsp3) is 0.263. The molecule has 1 atom stereocenters. The van der Waals surface area contributed by atoms with Gasteiger partial charge in [0.2, 0.25) is 5.91 Å². The van der Waals surface area contributed by atoms with Crippen molar-refractivity contribution in [2.45, 2.75) is 31.4 Å². The number of carbonyl (C=O) groups is 2. The molecular weight excluding hydrogens is 347 g/mol. The topological polar surface area (TPSA) is 66.4 Å². The summed E-state index contributed by atoms with van der Waals surface area (Å²) in [6, 6.07) is 13.7. The number of hydrogen-bond donors (Lipinski definition) is 2. The molecule has 0 saturated heterocycles. The third-order valence-corrected chi connectivity index (χ3v) is 3.82. The minimum Gasteiger partial charge on any atom is -0.481 e. The predicted molar refractivity (Wildman–Crippen MR) is 90.9 cm³/mol. The van der Waals surface area contributed by atoms with E-state index < -0.39 is 30.4 Å². The number of alkyl halides is 3. The molecule has 0 aliphatic heterocycles. The first kappa shape index (κ1) is 19.5. The molecule has 0 aliphatic rings. The minimum absolute atomic E-state index is 0.0327. The van der Waals surface area contributed by atoms with Crippen molar-refractivity contribution in [3.05, 3.63) is 65.7 Å². The lowest BCUT2D eigenvalue weighted by Gasteiger charge is -2.20. The Hall–Kier alpha value is -2.83. The van der Waals surface area contributed by atoms with Gasteiger partial charge in [-0.15, -0.1) is 0 Å². The van der Waals surface area contributed by atoms with Crippen LogP contribution in [0, 0.1) is 0 Å². The summed E-state index contributed by atoms with van der Waals surface area (Å²) in [6.45, 7) is 0. The Kier molecular flexibility index (Phi) is 6.38. The van der Waals surface area contributed by atoms with Gasteiger partial charge >= 0.3 is 12.1 Å². The number of aliphatic carboxylic acids is 1. The number of aryl methyl sites for hydroxylation is 1.